The van der Waals surface area contributed by atoms with E-state index in [4.69, 9.17) is 0 Å². The maximum atomic E-state index is 13.0. The van der Waals surface area contributed by atoms with Crippen LogP contribution in [0.1, 0.15) is 31.7 Å². The first-order chi connectivity index (χ1) is 16.5. The summed E-state index contributed by atoms with van der Waals surface area (Å²) in [6, 6.07) is 10.1. The van der Waals surface area contributed by atoms with Crippen LogP contribution in [0.3, 0.4) is 0 Å². The van der Waals surface area contributed by atoms with Gasteiger partial charge in [0.1, 0.15) is 17.6 Å². The summed E-state index contributed by atoms with van der Waals surface area (Å²) in [5, 5.41) is 6.45. The Morgan fingerprint density at radius 3 is 2.82 bits per heavy atom. The highest BCUT2D eigenvalue weighted by Gasteiger charge is 2.27. The molecule has 2 amide bonds. The highest BCUT2D eigenvalue weighted by Crippen LogP contribution is 2.29. The molecule has 1 aromatic carbocycles. The molecule has 3 aromatic rings. The molecule has 1 fully saturated rings. The Morgan fingerprint density at radius 1 is 1.21 bits per heavy atom. The van der Waals surface area contributed by atoms with Gasteiger partial charge in [0, 0.05) is 26.2 Å². The van der Waals surface area contributed by atoms with Crippen molar-refractivity contribution >= 4 is 38.6 Å². The molecule has 2 N–H and O–H groups in total. The Kier molecular flexibility index (Phi) is 7.89. The summed E-state index contributed by atoms with van der Waals surface area (Å²) in [5.74, 6) is -0.249. The molecule has 34 heavy (non-hydrogen) atoms. The normalized spacial score (nSPS) is 15.9. The van der Waals surface area contributed by atoms with Gasteiger partial charge >= 0.3 is 0 Å². The third-order valence-electron chi connectivity index (χ3n) is 5.91. The SMILES string of the molecule is CCNC(=O)[C@H]1CCCN(c2nc3ncn(CC(=O)NCCCc4ccccc4)c(=O)c3s2)C1. The van der Waals surface area contributed by atoms with Gasteiger partial charge in [-0.25, -0.2) is 4.98 Å². The third kappa shape index (κ3) is 5.80. The number of hydrogen-bond donors (Lipinski definition) is 2. The zero-order valence-electron chi connectivity index (χ0n) is 19.3. The fourth-order valence-corrected chi connectivity index (χ4v) is 5.15. The third-order valence-corrected chi connectivity index (χ3v) is 7.00. The summed E-state index contributed by atoms with van der Waals surface area (Å²) in [6.07, 6.45) is 4.83. The molecule has 0 saturated carbocycles. The van der Waals surface area contributed by atoms with E-state index in [-0.39, 0.29) is 29.8 Å². The number of aryl methyl sites for hydroxylation is 1. The lowest BCUT2D eigenvalue weighted by Gasteiger charge is -2.31. The van der Waals surface area contributed by atoms with E-state index in [1.165, 1.54) is 27.8 Å². The zero-order chi connectivity index (χ0) is 23.9. The number of piperidine rings is 1. The van der Waals surface area contributed by atoms with E-state index in [1.807, 2.05) is 25.1 Å². The van der Waals surface area contributed by atoms with Crippen LogP contribution < -0.4 is 21.1 Å². The van der Waals surface area contributed by atoms with Crippen LogP contribution in [0.5, 0.6) is 0 Å². The van der Waals surface area contributed by atoms with Gasteiger partial charge in [-0.1, -0.05) is 41.7 Å². The van der Waals surface area contributed by atoms with Gasteiger partial charge in [-0.15, -0.1) is 0 Å². The van der Waals surface area contributed by atoms with Crippen molar-refractivity contribution in [1.29, 1.82) is 0 Å². The van der Waals surface area contributed by atoms with E-state index in [9.17, 15) is 14.4 Å². The highest BCUT2D eigenvalue weighted by molar-refractivity contribution is 7.22. The van der Waals surface area contributed by atoms with Crippen LogP contribution in [0.15, 0.2) is 41.5 Å². The Hall–Kier alpha value is -3.27. The molecule has 1 aliphatic rings. The Bertz CT molecular complexity index is 1190. The van der Waals surface area contributed by atoms with Gasteiger partial charge in [-0.05, 0) is 38.2 Å². The maximum Gasteiger partial charge on any atom is 0.273 e. The summed E-state index contributed by atoms with van der Waals surface area (Å²) >= 11 is 1.27. The van der Waals surface area contributed by atoms with Crippen LogP contribution in [0.4, 0.5) is 5.13 Å². The van der Waals surface area contributed by atoms with Crippen LogP contribution in [-0.4, -0.2) is 52.5 Å². The smallest absolute Gasteiger partial charge is 0.273 e. The number of aromatic nitrogens is 3. The van der Waals surface area contributed by atoms with E-state index in [1.54, 1.807) is 0 Å². The first-order valence-electron chi connectivity index (χ1n) is 11.7. The fraction of sp³-hybridized carbons (Fsp3) is 0.458. The predicted molar refractivity (Wildman–Crippen MR) is 133 cm³/mol. The number of fused-ring (bicyclic) bond motifs is 1. The van der Waals surface area contributed by atoms with Gasteiger partial charge in [0.2, 0.25) is 11.8 Å². The molecule has 0 unspecified atom stereocenters. The molecule has 3 heterocycles. The van der Waals surface area contributed by atoms with Crippen LogP contribution in [-0.2, 0) is 22.6 Å². The van der Waals surface area contributed by atoms with E-state index in [0.29, 0.717) is 35.1 Å². The largest absolute Gasteiger partial charge is 0.356 e. The molecule has 0 bridgehead atoms. The van der Waals surface area contributed by atoms with E-state index >= 15 is 0 Å². The van der Waals surface area contributed by atoms with Crippen molar-refractivity contribution in [2.24, 2.45) is 5.92 Å². The molecule has 0 radical (unpaired) electrons. The number of nitrogens with zero attached hydrogens (tertiary/aromatic N) is 4. The quantitative estimate of drug-likeness (QED) is 0.451. The second-order valence-corrected chi connectivity index (χ2v) is 9.42. The number of thiazole rings is 1. The molecule has 180 valence electrons. The topological polar surface area (TPSA) is 109 Å². The molecule has 4 rings (SSSR count). The molecule has 1 aliphatic heterocycles. The van der Waals surface area contributed by atoms with Crippen LogP contribution in [0, 0.1) is 5.92 Å². The molecule has 9 nitrogen and oxygen atoms in total. The van der Waals surface area contributed by atoms with Crippen molar-refractivity contribution in [3.8, 4) is 0 Å². The first kappa shape index (κ1) is 23.9. The predicted octanol–water partition coefficient (Wildman–Crippen LogP) is 1.95. The zero-order valence-corrected chi connectivity index (χ0v) is 20.1. The van der Waals surface area contributed by atoms with Crippen molar-refractivity contribution in [1.82, 2.24) is 25.2 Å². The average Bonchev–Trinajstić information content (AvgIpc) is 3.30. The van der Waals surface area contributed by atoms with Crippen molar-refractivity contribution in [2.45, 2.75) is 39.2 Å². The summed E-state index contributed by atoms with van der Waals surface area (Å²) < 4.78 is 1.75. The molecule has 0 aliphatic carbocycles. The van der Waals surface area contributed by atoms with Crippen molar-refractivity contribution in [3.05, 3.63) is 52.6 Å². The van der Waals surface area contributed by atoms with E-state index < -0.39 is 0 Å². The number of hydrogen-bond acceptors (Lipinski definition) is 7. The average molecular weight is 483 g/mol. The van der Waals surface area contributed by atoms with E-state index in [0.717, 1.165) is 32.2 Å². The number of amides is 2. The molecule has 10 heteroatoms. The summed E-state index contributed by atoms with van der Waals surface area (Å²) in [6.45, 7) is 4.35. The lowest BCUT2D eigenvalue weighted by atomic mass is 9.97. The number of nitrogens with one attached hydrogen (secondary N) is 2. The second kappa shape index (κ2) is 11.2. The van der Waals surface area contributed by atoms with Crippen molar-refractivity contribution in [2.75, 3.05) is 31.1 Å². The first-order valence-corrected chi connectivity index (χ1v) is 12.6. The summed E-state index contributed by atoms with van der Waals surface area (Å²) in [5.41, 5.74) is 1.34. The molecule has 1 saturated heterocycles. The van der Waals surface area contributed by atoms with Gasteiger partial charge in [0.25, 0.3) is 5.56 Å². The summed E-state index contributed by atoms with van der Waals surface area (Å²) in [4.78, 5) is 48.5. The van der Waals surface area contributed by atoms with Crippen LogP contribution in [0.2, 0.25) is 0 Å². The van der Waals surface area contributed by atoms with Gasteiger partial charge in [0.05, 0.1) is 5.92 Å². The van der Waals surface area contributed by atoms with Crippen molar-refractivity contribution in [3.63, 3.8) is 0 Å². The maximum absolute atomic E-state index is 13.0. The minimum absolute atomic E-state index is 0.0589. The van der Waals surface area contributed by atoms with Crippen molar-refractivity contribution < 1.29 is 9.59 Å². The van der Waals surface area contributed by atoms with Gasteiger partial charge < -0.3 is 15.5 Å². The molecular formula is C24H30N6O3S. The summed E-state index contributed by atoms with van der Waals surface area (Å²) in [7, 11) is 0. The van der Waals surface area contributed by atoms with E-state index in [2.05, 4.69) is 37.6 Å². The standard InChI is InChI=1S/C24H30N6O3S/c1-2-25-22(32)18-11-7-13-29(14-18)24-28-21-20(34-24)23(33)30(16-27-21)15-19(31)26-12-6-10-17-8-4-3-5-9-17/h3-5,8-9,16,18H,2,6-7,10-15H2,1H3,(H,25,32)(H,26,31)/t18-/m0/s1. The minimum atomic E-state index is -0.273. The lowest BCUT2D eigenvalue weighted by molar-refractivity contribution is -0.125. The number of carbonyl (C=O) groups excluding carboxylic acids is 2. The van der Waals surface area contributed by atoms with Gasteiger partial charge in [-0.3, -0.25) is 19.0 Å². The molecule has 2 aromatic heterocycles. The Labute approximate surface area is 202 Å². The lowest BCUT2D eigenvalue weighted by Crippen LogP contribution is -2.43. The fourth-order valence-electron chi connectivity index (χ4n) is 4.14. The second-order valence-electron chi connectivity index (χ2n) is 8.45. The van der Waals surface area contributed by atoms with Crippen LogP contribution in [0.25, 0.3) is 10.3 Å². The number of benzene rings is 1. The number of anilines is 1. The molecular weight excluding hydrogens is 452 g/mol. The molecule has 0 spiro atoms. The molecule has 1 atom stereocenters. The Balaban J connectivity index is 1.36. The van der Waals surface area contributed by atoms with Gasteiger partial charge in [0.15, 0.2) is 10.8 Å². The monoisotopic (exact) mass is 482 g/mol. The Morgan fingerprint density at radius 2 is 2.03 bits per heavy atom. The number of carbonyl (C=O) groups is 2. The van der Waals surface area contributed by atoms with Crippen LogP contribution >= 0.6 is 11.3 Å². The number of rotatable bonds is 9. The minimum Gasteiger partial charge on any atom is -0.356 e. The highest BCUT2D eigenvalue weighted by atomic mass is 32.1. The van der Waals surface area contributed by atoms with Gasteiger partial charge in [-0.2, -0.15) is 4.98 Å².